The Morgan fingerprint density at radius 3 is 2.08 bits per heavy atom. The second-order valence-electron chi connectivity index (χ2n) is 5.15. The van der Waals surface area contributed by atoms with Crippen molar-refractivity contribution in [3.8, 4) is 0 Å². The van der Waals surface area contributed by atoms with Crippen LogP contribution in [-0.2, 0) is 33.3 Å². The Morgan fingerprint density at radius 1 is 1.08 bits per heavy atom. The van der Waals surface area contributed by atoms with Crippen molar-refractivity contribution in [1.29, 1.82) is 0 Å². The first-order chi connectivity index (χ1) is 11.4. The molecule has 0 aliphatic heterocycles. The molecule has 0 aromatic rings. The van der Waals surface area contributed by atoms with Crippen molar-refractivity contribution in [1.82, 2.24) is 0 Å². The number of ether oxygens (including phenoxy) is 4. The fourth-order valence-corrected chi connectivity index (χ4v) is 4.49. The average molecular weight is 378 g/mol. The fourth-order valence-electron chi connectivity index (χ4n) is 2.79. The first-order valence-corrected chi connectivity index (χ1v) is 8.81. The van der Waals surface area contributed by atoms with Gasteiger partial charge in [-0.15, -0.1) is 0 Å². The third-order valence-electron chi connectivity index (χ3n) is 3.82. The molecule has 0 unspecified atom stereocenters. The van der Waals surface area contributed by atoms with E-state index in [0.717, 1.165) is 11.8 Å². The Labute approximate surface area is 150 Å². The molecule has 0 amide bonds. The highest BCUT2D eigenvalue weighted by molar-refractivity contribution is 8.23. The quantitative estimate of drug-likeness (QED) is 0.284. The number of carbonyl (C=O) groups excluding carboxylic acids is 3. The molecule has 0 saturated heterocycles. The van der Waals surface area contributed by atoms with E-state index in [4.69, 9.17) is 31.2 Å². The second-order valence-corrected chi connectivity index (χ2v) is 6.89. The molecular weight excluding hydrogens is 356 g/mol. The zero-order valence-electron chi connectivity index (χ0n) is 14.2. The molecule has 1 aliphatic carbocycles. The zero-order chi connectivity index (χ0) is 18.3. The topological polar surface area (TPSA) is 88.1 Å². The molecule has 24 heavy (non-hydrogen) atoms. The average Bonchev–Trinajstić information content (AvgIpc) is 2.55. The number of carbonyl (C=O) groups is 3. The number of hydrogen-bond acceptors (Lipinski definition) is 9. The van der Waals surface area contributed by atoms with Crippen molar-refractivity contribution in [3.63, 3.8) is 0 Å². The summed E-state index contributed by atoms with van der Waals surface area (Å²) in [5.41, 5.74) is -1.49. The van der Waals surface area contributed by atoms with Crippen molar-refractivity contribution >= 4 is 46.3 Å². The predicted molar refractivity (Wildman–Crippen MR) is 91.4 cm³/mol. The molecule has 136 valence electrons. The van der Waals surface area contributed by atoms with Gasteiger partial charge in [0.05, 0.1) is 27.4 Å². The molecule has 0 aromatic carbocycles. The second kappa shape index (κ2) is 9.22. The monoisotopic (exact) mass is 378 g/mol. The van der Waals surface area contributed by atoms with Crippen LogP contribution in [0, 0.1) is 11.3 Å². The minimum atomic E-state index is -1.49. The molecule has 1 fully saturated rings. The van der Waals surface area contributed by atoms with E-state index in [1.807, 2.05) is 0 Å². The lowest BCUT2D eigenvalue weighted by Crippen LogP contribution is -2.61. The van der Waals surface area contributed by atoms with Crippen LogP contribution in [0.4, 0.5) is 0 Å². The molecule has 2 atom stereocenters. The number of thiocarbonyl (C=S) groups is 1. The summed E-state index contributed by atoms with van der Waals surface area (Å²) in [6, 6.07) is 0. The van der Waals surface area contributed by atoms with Crippen LogP contribution in [0.15, 0.2) is 0 Å². The van der Waals surface area contributed by atoms with Gasteiger partial charge in [-0.3, -0.25) is 14.4 Å². The van der Waals surface area contributed by atoms with Crippen molar-refractivity contribution in [2.75, 3.05) is 27.4 Å². The Bertz CT molecular complexity index is 490. The fraction of sp³-hybridized carbons (Fsp3) is 0.733. The van der Waals surface area contributed by atoms with Crippen LogP contribution in [0.1, 0.15) is 26.7 Å². The summed E-state index contributed by atoms with van der Waals surface area (Å²) in [5, 5.41) is -0.610. The lowest BCUT2D eigenvalue weighted by Gasteiger charge is -2.49. The highest BCUT2D eigenvalue weighted by atomic mass is 32.2. The Balaban J connectivity index is 3.05. The van der Waals surface area contributed by atoms with Crippen LogP contribution in [-0.4, -0.2) is 55.0 Å². The number of hydrogen-bond donors (Lipinski definition) is 0. The van der Waals surface area contributed by atoms with Crippen LogP contribution in [0.3, 0.4) is 0 Å². The molecule has 1 aliphatic rings. The molecule has 7 nitrogen and oxygen atoms in total. The summed E-state index contributed by atoms with van der Waals surface area (Å²) in [4.78, 5) is 36.3. The van der Waals surface area contributed by atoms with Gasteiger partial charge in [0.25, 0.3) is 0 Å². The van der Waals surface area contributed by atoms with Crippen LogP contribution >= 0.6 is 24.0 Å². The van der Waals surface area contributed by atoms with Gasteiger partial charge in [-0.05, 0) is 38.4 Å². The maximum absolute atomic E-state index is 12.3. The normalized spacial score (nSPS) is 21.2. The van der Waals surface area contributed by atoms with Crippen LogP contribution in [0.2, 0.25) is 0 Å². The van der Waals surface area contributed by atoms with Gasteiger partial charge in [0.15, 0.2) is 5.41 Å². The summed E-state index contributed by atoms with van der Waals surface area (Å²) in [6.07, 6.45) is 0.216. The lowest BCUT2D eigenvalue weighted by atomic mass is 9.60. The maximum atomic E-state index is 12.3. The molecule has 0 radical (unpaired) electrons. The summed E-state index contributed by atoms with van der Waals surface area (Å²) in [7, 11) is 2.41. The van der Waals surface area contributed by atoms with Crippen LogP contribution in [0.5, 0.6) is 0 Å². The van der Waals surface area contributed by atoms with Gasteiger partial charge in [0.1, 0.15) is 0 Å². The number of methoxy groups -OCH3 is 2. The van der Waals surface area contributed by atoms with E-state index in [9.17, 15) is 14.4 Å². The SMILES string of the molecule is CCOC(=O)C[C@H]1CC(C(=O)OC)(C(=O)OC)[C@@H]1SC(=S)OCC. The minimum Gasteiger partial charge on any atom is -0.479 e. The van der Waals surface area contributed by atoms with Crippen molar-refractivity contribution < 1.29 is 33.3 Å². The van der Waals surface area contributed by atoms with Crippen LogP contribution in [0.25, 0.3) is 0 Å². The highest BCUT2D eigenvalue weighted by Crippen LogP contribution is 2.55. The first kappa shape index (κ1) is 20.7. The predicted octanol–water partition coefficient (Wildman–Crippen LogP) is 1.72. The van der Waals surface area contributed by atoms with E-state index in [1.165, 1.54) is 14.2 Å². The number of rotatable bonds is 7. The Kier molecular flexibility index (Phi) is 7.95. The Morgan fingerprint density at radius 2 is 1.62 bits per heavy atom. The summed E-state index contributed by atoms with van der Waals surface area (Å²) in [5.74, 6) is -2.07. The van der Waals surface area contributed by atoms with Gasteiger partial charge in [-0.1, -0.05) is 11.8 Å². The summed E-state index contributed by atoms with van der Waals surface area (Å²) < 4.78 is 20.0. The molecule has 0 heterocycles. The minimum absolute atomic E-state index is 0.0793. The molecule has 9 heteroatoms. The molecular formula is C15H22O7S2. The largest absolute Gasteiger partial charge is 0.479 e. The standard InChI is InChI=1S/C15H22O7S2/c1-5-21-10(16)7-9-8-15(12(17)19-3,13(18)20-4)11(9)24-14(23)22-6-2/h9,11H,5-8H2,1-4H3/t9-,11+/m0/s1. The van der Waals surface area contributed by atoms with E-state index < -0.39 is 28.6 Å². The van der Waals surface area contributed by atoms with Gasteiger partial charge in [0, 0.05) is 11.7 Å². The highest BCUT2D eigenvalue weighted by Gasteiger charge is 2.66. The lowest BCUT2D eigenvalue weighted by molar-refractivity contribution is -0.180. The van der Waals surface area contributed by atoms with E-state index >= 15 is 0 Å². The summed E-state index contributed by atoms with van der Waals surface area (Å²) >= 11 is 6.19. The van der Waals surface area contributed by atoms with Crippen LogP contribution < -0.4 is 0 Å². The van der Waals surface area contributed by atoms with Gasteiger partial charge in [0.2, 0.25) is 4.38 Å². The van der Waals surface area contributed by atoms with E-state index in [1.54, 1.807) is 13.8 Å². The van der Waals surface area contributed by atoms with Crippen molar-refractivity contribution in [3.05, 3.63) is 0 Å². The van der Waals surface area contributed by atoms with Gasteiger partial charge >= 0.3 is 17.9 Å². The molecule has 0 N–H and O–H groups in total. The number of esters is 3. The number of thioether (sulfide) groups is 1. The van der Waals surface area contributed by atoms with E-state index in [0.29, 0.717) is 6.61 Å². The molecule has 1 saturated carbocycles. The molecule has 0 spiro atoms. The first-order valence-electron chi connectivity index (χ1n) is 7.53. The smallest absolute Gasteiger partial charge is 0.324 e. The van der Waals surface area contributed by atoms with E-state index in [2.05, 4.69) is 0 Å². The molecule has 0 aromatic heterocycles. The van der Waals surface area contributed by atoms with E-state index in [-0.39, 0.29) is 29.7 Å². The third-order valence-corrected chi connectivity index (χ3v) is 5.57. The molecule has 1 rings (SSSR count). The molecule has 0 bridgehead atoms. The van der Waals surface area contributed by atoms with Crippen molar-refractivity contribution in [2.45, 2.75) is 31.9 Å². The van der Waals surface area contributed by atoms with Crippen molar-refractivity contribution in [2.24, 2.45) is 11.3 Å². The maximum Gasteiger partial charge on any atom is 0.324 e. The summed E-state index contributed by atoms with van der Waals surface area (Å²) in [6.45, 7) is 4.12. The zero-order valence-corrected chi connectivity index (χ0v) is 15.8. The van der Waals surface area contributed by atoms with Gasteiger partial charge in [-0.25, -0.2) is 0 Å². The third kappa shape index (κ3) is 4.18. The Hall–Kier alpha value is -1.35. The van der Waals surface area contributed by atoms with Gasteiger partial charge < -0.3 is 18.9 Å². The van der Waals surface area contributed by atoms with Gasteiger partial charge in [-0.2, -0.15) is 0 Å².